The lowest BCUT2D eigenvalue weighted by Crippen LogP contribution is -1.91. The van der Waals surface area contributed by atoms with Gasteiger partial charge in [0, 0.05) is 21.5 Å². The fourth-order valence-corrected chi connectivity index (χ4v) is 7.40. The standard InChI is InChI=1S/C42H24O2/c1-2-13-26(14-3-1)37-28-16-6-8-18-30(28)38(31-19-9-7-17-29(31)37)34-24-36-40(42-39(34)32-20-10-11-21-35(32)43-42)33-23-22-25-12-4-5-15-27(25)41(33)44-36/h1-24H. The Morgan fingerprint density at radius 2 is 0.909 bits per heavy atom. The molecule has 0 amide bonds. The molecule has 0 aliphatic heterocycles. The molecule has 0 bridgehead atoms. The molecule has 0 spiro atoms. The molecular formula is C42H24O2. The van der Waals surface area contributed by atoms with E-state index in [1.54, 1.807) is 0 Å². The van der Waals surface area contributed by atoms with E-state index in [0.29, 0.717) is 0 Å². The number of rotatable bonds is 2. The molecule has 0 unspecified atom stereocenters. The summed E-state index contributed by atoms with van der Waals surface area (Å²) in [6, 6.07) is 51.7. The Balaban J connectivity index is 1.44. The van der Waals surface area contributed by atoms with Crippen molar-refractivity contribution >= 4 is 76.2 Å². The highest BCUT2D eigenvalue weighted by molar-refractivity contribution is 6.31. The minimum Gasteiger partial charge on any atom is -0.455 e. The molecule has 10 aromatic rings. The third-order valence-corrected chi connectivity index (χ3v) is 9.24. The van der Waals surface area contributed by atoms with E-state index in [0.717, 1.165) is 60.2 Å². The summed E-state index contributed by atoms with van der Waals surface area (Å²) in [4.78, 5) is 0. The van der Waals surface area contributed by atoms with Crippen LogP contribution in [0.1, 0.15) is 0 Å². The van der Waals surface area contributed by atoms with Gasteiger partial charge in [-0.3, -0.25) is 0 Å². The van der Waals surface area contributed by atoms with Gasteiger partial charge < -0.3 is 8.83 Å². The van der Waals surface area contributed by atoms with Gasteiger partial charge in [0.15, 0.2) is 0 Å². The number of hydrogen-bond acceptors (Lipinski definition) is 2. The molecule has 0 atom stereocenters. The number of hydrogen-bond donors (Lipinski definition) is 0. The van der Waals surface area contributed by atoms with Gasteiger partial charge in [0.2, 0.25) is 0 Å². The molecule has 204 valence electrons. The van der Waals surface area contributed by atoms with Crippen LogP contribution in [-0.2, 0) is 0 Å². The maximum atomic E-state index is 6.79. The van der Waals surface area contributed by atoms with Crippen LogP contribution in [0.4, 0.5) is 0 Å². The van der Waals surface area contributed by atoms with Crippen molar-refractivity contribution in [2.75, 3.05) is 0 Å². The summed E-state index contributed by atoms with van der Waals surface area (Å²) in [5.41, 5.74) is 8.25. The zero-order valence-corrected chi connectivity index (χ0v) is 23.7. The molecular weight excluding hydrogens is 536 g/mol. The van der Waals surface area contributed by atoms with Crippen molar-refractivity contribution in [3.63, 3.8) is 0 Å². The molecule has 0 N–H and O–H groups in total. The lowest BCUT2D eigenvalue weighted by atomic mass is 9.84. The predicted octanol–water partition coefficient (Wildman–Crippen LogP) is 12.3. The molecule has 0 saturated heterocycles. The van der Waals surface area contributed by atoms with Gasteiger partial charge in [0.1, 0.15) is 22.3 Å². The highest BCUT2D eigenvalue weighted by atomic mass is 16.3. The van der Waals surface area contributed by atoms with E-state index in [2.05, 4.69) is 140 Å². The zero-order chi connectivity index (χ0) is 28.8. The molecule has 0 fully saturated rings. The largest absolute Gasteiger partial charge is 0.455 e. The first-order valence-corrected chi connectivity index (χ1v) is 15.0. The Morgan fingerprint density at radius 3 is 1.64 bits per heavy atom. The SMILES string of the molecule is c1ccc(-c2c3ccccc3c(-c3cc4oc5c6ccccc6ccc5c4c4oc5ccccc5c34)c3ccccc23)cc1. The molecule has 44 heavy (non-hydrogen) atoms. The van der Waals surface area contributed by atoms with Crippen LogP contribution in [0.5, 0.6) is 0 Å². The molecule has 2 heterocycles. The van der Waals surface area contributed by atoms with Crippen LogP contribution in [0.2, 0.25) is 0 Å². The van der Waals surface area contributed by atoms with E-state index >= 15 is 0 Å². The highest BCUT2D eigenvalue weighted by Gasteiger charge is 2.24. The van der Waals surface area contributed by atoms with Gasteiger partial charge in [-0.25, -0.2) is 0 Å². The van der Waals surface area contributed by atoms with Crippen molar-refractivity contribution in [1.82, 2.24) is 0 Å². The summed E-state index contributed by atoms with van der Waals surface area (Å²) < 4.78 is 13.6. The van der Waals surface area contributed by atoms with E-state index in [1.165, 1.54) is 38.2 Å². The molecule has 2 nitrogen and oxygen atoms in total. The third-order valence-electron chi connectivity index (χ3n) is 9.24. The third kappa shape index (κ3) is 3.14. The van der Waals surface area contributed by atoms with Crippen molar-refractivity contribution in [1.29, 1.82) is 0 Å². The van der Waals surface area contributed by atoms with Gasteiger partial charge in [0.25, 0.3) is 0 Å². The van der Waals surface area contributed by atoms with E-state index in [-0.39, 0.29) is 0 Å². The van der Waals surface area contributed by atoms with Gasteiger partial charge in [-0.2, -0.15) is 0 Å². The molecule has 0 saturated carbocycles. The minimum atomic E-state index is 0.832. The number of fused-ring (bicyclic) bond motifs is 11. The monoisotopic (exact) mass is 560 g/mol. The minimum absolute atomic E-state index is 0.832. The van der Waals surface area contributed by atoms with Crippen LogP contribution in [0.15, 0.2) is 154 Å². The smallest absolute Gasteiger partial charge is 0.147 e. The second-order valence-electron chi connectivity index (χ2n) is 11.6. The fraction of sp³-hybridized carbons (Fsp3) is 0. The number of para-hydroxylation sites is 1. The van der Waals surface area contributed by atoms with Crippen LogP contribution in [0.3, 0.4) is 0 Å². The first-order chi connectivity index (χ1) is 21.8. The average Bonchev–Trinajstić information content (AvgIpc) is 3.66. The Morgan fingerprint density at radius 1 is 0.341 bits per heavy atom. The second kappa shape index (κ2) is 8.82. The Bertz CT molecular complexity index is 2700. The van der Waals surface area contributed by atoms with Crippen molar-refractivity contribution in [3.05, 3.63) is 146 Å². The summed E-state index contributed by atoms with van der Waals surface area (Å²) in [7, 11) is 0. The first kappa shape index (κ1) is 23.7. The van der Waals surface area contributed by atoms with Crippen LogP contribution >= 0.6 is 0 Å². The Labute approximate surface area is 252 Å². The summed E-state index contributed by atoms with van der Waals surface area (Å²) in [5.74, 6) is 0. The maximum Gasteiger partial charge on any atom is 0.147 e. The highest BCUT2D eigenvalue weighted by Crippen LogP contribution is 2.50. The Hall–Kier alpha value is -5.86. The lowest BCUT2D eigenvalue weighted by molar-refractivity contribution is 0.665. The molecule has 8 aromatic carbocycles. The van der Waals surface area contributed by atoms with Crippen molar-refractivity contribution < 1.29 is 8.83 Å². The van der Waals surface area contributed by atoms with Crippen LogP contribution in [-0.4, -0.2) is 0 Å². The van der Waals surface area contributed by atoms with Crippen molar-refractivity contribution in [2.45, 2.75) is 0 Å². The van der Waals surface area contributed by atoms with E-state index in [9.17, 15) is 0 Å². The van der Waals surface area contributed by atoms with Crippen LogP contribution in [0, 0.1) is 0 Å². The first-order valence-electron chi connectivity index (χ1n) is 15.0. The second-order valence-corrected chi connectivity index (χ2v) is 11.6. The molecule has 0 radical (unpaired) electrons. The quantitative estimate of drug-likeness (QED) is 0.197. The maximum absolute atomic E-state index is 6.79. The van der Waals surface area contributed by atoms with Gasteiger partial charge in [-0.15, -0.1) is 0 Å². The van der Waals surface area contributed by atoms with Crippen molar-refractivity contribution in [2.24, 2.45) is 0 Å². The molecule has 0 aliphatic rings. The lowest BCUT2D eigenvalue weighted by Gasteiger charge is -2.18. The fourth-order valence-electron chi connectivity index (χ4n) is 7.40. The predicted molar refractivity (Wildman–Crippen MR) is 184 cm³/mol. The molecule has 2 aromatic heterocycles. The van der Waals surface area contributed by atoms with E-state index < -0.39 is 0 Å². The summed E-state index contributed by atoms with van der Waals surface area (Å²) >= 11 is 0. The van der Waals surface area contributed by atoms with E-state index in [1.807, 2.05) is 6.07 Å². The Kier molecular flexibility index (Phi) is 4.75. The van der Waals surface area contributed by atoms with Gasteiger partial charge in [-0.05, 0) is 67.4 Å². The molecule has 0 aliphatic carbocycles. The van der Waals surface area contributed by atoms with Gasteiger partial charge >= 0.3 is 0 Å². The van der Waals surface area contributed by atoms with Crippen molar-refractivity contribution in [3.8, 4) is 22.3 Å². The topological polar surface area (TPSA) is 26.3 Å². The van der Waals surface area contributed by atoms with E-state index in [4.69, 9.17) is 8.83 Å². The zero-order valence-electron chi connectivity index (χ0n) is 23.7. The average molecular weight is 561 g/mol. The summed E-state index contributed by atoms with van der Waals surface area (Å²) in [5, 5.41) is 11.5. The van der Waals surface area contributed by atoms with Crippen LogP contribution in [0.25, 0.3) is 98.4 Å². The van der Waals surface area contributed by atoms with Gasteiger partial charge in [-0.1, -0.05) is 127 Å². The number of furan rings is 2. The normalized spacial score (nSPS) is 12.1. The van der Waals surface area contributed by atoms with Crippen LogP contribution < -0.4 is 0 Å². The molecule has 10 rings (SSSR count). The van der Waals surface area contributed by atoms with Gasteiger partial charge in [0.05, 0.1) is 5.39 Å². The molecule has 2 heteroatoms. The summed E-state index contributed by atoms with van der Waals surface area (Å²) in [6.07, 6.45) is 0. The number of benzene rings is 8. The summed E-state index contributed by atoms with van der Waals surface area (Å²) in [6.45, 7) is 0.